The summed E-state index contributed by atoms with van der Waals surface area (Å²) in [5.41, 5.74) is 1.92. The van der Waals surface area contributed by atoms with Gasteiger partial charge in [0.1, 0.15) is 0 Å². The summed E-state index contributed by atoms with van der Waals surface area (Å²) in [6.45, 7) is 2.99. The summed E-state index contributed by atoms with van der Waals surface area (Å²) in [4.78, 5) is 12.9. The second-order valence-corrected chi connectivity index (χ2v) is 6.47. The number of alkyl halides is 3. The molecule has 2 heterocycles. The Morgan fingerprint density at radius 2 is 2.04 bits per heavy atom. The van der Waals surface area contributed by atoms with Crippen LogP contribution in [0.2, 0.25) is 0 Å². The van der Waals surface area contributed by atoms with Crippen LogP contribution >= 0.6 is 46.7 Å². The Balaban J connectivity index is 0.00000288. The van der Waals surface area contributed by atoms with Crippen LogP contribution in [-0.2, 0) is 19.1 Å². The lowest BCUT2D eigenvalue weighted by Gasteiger charge is -2.10. The highest BCUT2D eigenvalue weighted by Crippen LogP contribution is 2.29. The second-order valence-electron chi connectivity index (χ2n) is 4.59. The summed E-state index contributed by atoms with van der Waals surface area (Å²) in [7, 11) is 1.64. The van der Waals surface area contributed by atoms with Crippen LogP contribution in [-0.4, -0.2) is 29.5 Å². The van der Waals surface area contributed by atoms with Crippen LogP contribution < -0.4 is 10.6 Å². The third kappa shape index (κ3) is 6.16. The molecule has 2 N–H and O–H groups in total. The SMILES string of the molecule is CN=C(NCCc1nc(C(F)(F)F)cs1)NCc1scnc1C.I. The number of hydrogen-bond donors (Lipinski definition) is 2. The lowest BCUT2D eigenvalue weighted by atomic mass is 10.4. The van der Waals surface area contributed by atoms with E-state index in [1.807, 2.05) is 6.92 Å². The van der Waals surface area contributed by atoms with Gasteiger partial charge in [-0.05, 0) is 6.92 Å². The van der Waals surface area contributed by atoms with Crippen molar-refractivity contribution < 1.29 is 13.2 Å². The van der Waals surface area contributed by atoms with Crippen molar-refractivity contribution in [2.24, 2.45) is 4.99 Å². The minimum atomic E-state index is -4.38. The lowest BCUT2D eigenvalue weighted by Crippen LogP contribution is -2.37. The van der Waals surface area contributed by atoms with Gasteiger partial charge in [-0.1, -0.05) is 0 Å². The number of nitrogens with one attached hydrogen (secondary N) is 2. The molecule has 0 aliphatic rings. The summed E-state index contributed by atoms with van der Waals surface area (Å²) >= 11 is 2.57. The van der Waals surface area contributed by atoms with Gasteiger partial charge in [-0.2, -0.15) is 13.2 Å². The normalized spacial score (nSPS) is 12.0. The number of thiazole rings is 2. The van der Waals surface area contributed by atoms with Crippen LogP contribution in [0.15, 0.2) is 15.9 Å². The number of rotatable bonds is 5. The smallest absolute Gasteiger partial charge is 0.356 e. The number of hydrogen-bond acceptors (Lipinski definition) is 5. The van der Waals surface area contributed by atoms with Crippen LogP contribution in [0.4, 0.5) is 13.2 Å². The quantitative estimate of drug-likeness (QED) is 0.382. The minimum Gasteiger partial charge on any atom is -0.356 e. The molecule has 0 unspecified atom stereocenters. The molecule has 0 aromatic carbocycles. The first-order valence-electron chi connectivity index (χ1n) is 6.75. The summed E-state index contributed by atoms with van der Waals surface area (Å²) in [6, 6.07) is 0. The Morgan fingerprint density at radius 3 is 2.58 bits per heavy atom. The summed E-state index contributed by atoms with van der Waals surface area (Å²) in [5, 5.41) is 7.68. The van der Waals surface area contributed by atoms with E-state index in [4.69, 9.17) is 0 Å². The molecule has 5 nitrogen and oxygen atoms in total. The van der Waals surface area contributed by atoms with Gasteiger partial charge in [-0.3, -0.25) is 4.99 Å². The van der Waals surface area contributed by atoms with Crippen molar-refractivity contribution in [3.05, 3.63) is 32.2 Å². The molecule has 11 heteroatoms. The minimum absolute atomic E-state index is 0. The van der Waals surface area contributed by atoms with Crippen LogP contribution in [0.25, 0.3) is 0 Å². The monoisotopic (exact) mass is 491 g/mol. The Bertz CT molecular complexity index is 669. The van der Waals surface area contributed by atoms with E-state index in [0.29, 0.717) is 30.5 Å². The van der Waals surface area contributed by atoms with Crippen molar-refractivity contribution in [1.82, 2.24) is 20.6 Å². The molecule has 0 saturated heterocycles. The molecular formula is C13H17F3IN5S2. The predicted molar refractivity (Wildman–Crippen MR) is 101 cm³/mol. The zero-order chi connectivity index (χ0) is 16.9. The number of guanidine groups is 1. The highest BCUT2D eigenvalue weighted by molar-refractivity contribution is 14.0. The average molecular weight is 491 g/mol. The van der Waals surface area contributed by atoms with E-state index >= 15 is 0 Å². The van der Waals surface area contributed by atoms with Crippen LogP contribution in [0.3, 0.4) is 0 Å². The van der Waals surface area contributed by atoms with Gasteiger partial charge in [0.15, 0.2) is 11.7 Å². The number of aryl methyl sites for hydroxylation is 1. The zero-order valence-corrected chi connectivity index (χ0v) is 16.9. The molecule has 0 aliphatic heterocycles. The molecule has 0 saturated carbocycles. The van der Waals surface area contributed by atoms with Gasteiger partial charge in [0.2, 0.25) is 0 Å². The number of aliphatic imine (C=N–C) groups is 1. The van der Waals surface area contributed by atoms with E-state index in [0.717, 1.165) is 27.3 Å². The highest BCUT2D eigenvalue weighted by Gasteiger charge is 2.33. The lowest BCUT2D eigenvalue weighted by molar-refractivity contribution is -0.140. The molecule has 2 rings (SSSR count). The van der Waals surface area contributed by atoms with Crippen molar-refractivity contribution in [1.29, 1.82) is 0 Å². The van der Waals surface area contributed by atoms with Crippen molar-refractivity contribution in [2.45, 2.75) is 26.1 Å². The van der Waals surface area contributed by atoms with Gasteiger partial charge >= 0.3 is 6.18 Å². The largest absolute Gasteiger partial charge is 0.434 e. The molecule has 24 heavy (non-hydrogen) atoms. The van der Waals surface area contributed by atoms with E-state index in [9.17, 15) is 13.2 Å². The fraction of sp³-hybridized carbons (Fsp3) is 0.462. The van der Waals surface area contributed by atoms with Crippen molar-refractivity contribution in [3.8, 4) is 0 Å². The van der Waals surface area contributed by atoms with Gasteiger partial charge < -0.3 is 10.6 Å². The molecular weight excluding hydrogens is 474 g/mol. The third-order valence-corrected chi connectivity index (χ3v) is 4.80. The standard InChI is InChI=1S/C13H16F3N5S2.HI/c1-8-9(23-7-20-8)5-19-12(17-2)18-4-3-11-21-10(6-22-11)13(14,15)16;/h6-7H,3-5H2,1-2H3,(H2,17,18,19);1H. The van der Waals surface area contributed by atoms with E-state index < -0.39 is 11.9 Å². The number of aromatic nitrogens is 2. The number of nitrogens with zero attached hydrogens (tertiary/aromatic N) is 3. The molecule has 0 atom stereocenters. The highest BCUT2D eigenvalue weighted by atomic mass is 127. The van der Waals surface area contributed by atoms with Crippen molar-refractivity contribution in [3.63, 3.8) is 0 Å². The first kappa shape index (κ1) is 21.1. The summed E-state index contributed by atoms with van der Waals surface area (Å²) in [5.74, 6) is 0.588. The average Bonchev–Trinajstić information content (AvgIpc) is 3.11. The van der Waals surface area contributed by atoms with Gasteiger partial charge in [-0.25, -0.2) is 9.97 Å². The topological polar surface area (TPSA) is 62.2 Å². The van der Waals surface area contributed by atoms with Gasteiger partial charge in [0, 0.05) is 30.3 Å². The Kier molecular flexibility index (Phi) is 8.36. The van der Waals surface area contributed by atoms with Crippen molar-refractivity contribution in [2.75, 3.05) is 13.6 Å². The van der Waals surface area contributed by atoms with Crippen LogP contribution in [0.1, 0.15) is 21.3 Å². The molecule has 2 aromatic rings. The fourth-order valence-corrected chi connectivity index (χ4v) is 3.25. The molecule has 2 aromatic heterocycles. The predicted octanol–water partition coefficient (Wildman–Crippen LogP) is 3.45. The maximum Gasteiger partial charge on any atom is 0.434 e. The Hall–Kier alpha value is -0.950. The fourth-order valence-electron chi connectivity index (χ4n) is 1.72. The first-order chi connectivity index (χ1) is 10.9. The zero-order valence-electron chi connectivity index (χ0n) is 13.0. The molecule has 0 fully saturated rings. The van der Waals surface area contributed by atoms with E-state index in [1.54, 1.807) is 23.9 Å². The van der Waals surface area contributed by atoms with E-state index in [2.05, 4.69) is 25.6 Å². The molecule has 0 spiro atoms. The second kappa shape index (κ2) is 9.51. The van der Waals surface area contributed by atoms with Crippen LogP contribution in [0.5, 0.6) is 0 Å². The molecule has 0 aliphatic carbocycles. The van der Waals surface area contributed by atoms with Gasteiger partial charge in [0.05, 0.1) is 22.8 Å². The van der Waals surface area contributed by atoms with Gasteiger partial charge in [-0.15, -0.1) is 46.7 Å². The molecule has 0 bridgehead atoms. The summed E-state index contributed by atoms with van der Waals surface area (Å²) in [6.07, 6.45) is -3.98. The summed E-state index contributed by atoms with van der Waals surface area (Å²) < 4.78 is 37.4. The van der Waals surface area contributed by atoms with E-state index in [-0.39, 0.29) is 24.0 Å². The maximum absolute atomic E-state index is 12.5. The first-order valence-corrected chi connectivity index (χ1v) is 8.51. The Labute approximate surface area is 162 Å². The Morgan fingerprint density at radius 1 is 1.29 bits per heavy atom. The molecule has 134 valence electrons. The number of halogens is 4. The molecule has 0 radical (unpaired) electrons. The van der Waals surface area contributed by atoms with Crippen molar-refractivity contribution >= 4 is 52.6 Å². The van der Waals surface area contributed by atoms with Crippen LogP contribution in [0, 0.1) is 6.92 Å². The molecule has 0 amide bonds. The van der Waals surface area contributed by atoms with Gasteiger partial charge in [0.25, 0.3) is 0 Å². The van der Waals surface area contributed by atoms with E-state index in [1.165, 1.54) is 0 Å². The maximum atomic E-state index is 12.5. The third-order valence-electron chi connectivity index (χ3n) is 2.96.